The van der Waals surface area contributed by atoms with Crippen LogP contribution < -0.4 is 15.0 Å². The van der Waals surface area contributed by atoms with Gasteiger partial charge in [-0.1, -0.05) is 18.5 Å². The van der Waals surface area contributed by atoms with E-state index >= 15 is 0 Å². The minimum atomic E-state index is -5.14. The Balaban J connectivity index is 2.53. The van der Waals surface area contributed by atoms with Gasteiger partial charge in [-0.2, -0.15) is 13.2 Å². The van der Waals surface area contributed by atoms with Crippen LogP contribution in [0.1, 0.15) is 13.3 Å². The highest BCUT2D eigenvalue weighted by Crippen LogP contribution is 2.41. The van der Waals surface area contributed by atoms with Crippen molar-refractivity contribution in [3.05, 3.63) is 23.2 Å². The maximum atomic E-state index is 13.5. The number of anilines is 1. The minimum absolute atomic E-state index is 0.0105. The van der Waals surface area contributed by atoms with Gasteiger partial charge in [-0.15, -0.1) is 0 Å². The van der Waals surface area contributed by atoms with Crippen LogP contribution in [0.5, 0.6) is 5.75 Å². The van der Waals surface area contributed by atoms with E-state index in [0.717, 1.165) is 6.07 Å². The Labute approximate surface area is 140 Å². The fraction of sp³-hybridized carbons (Fsp3) is 0.429. The van der Waals surface area contributed by atoms with E-state index in [1.165, 1.54) is 19.2 Å². The molecule has 3 amide bonds. The third-order valence-electron chi connectivity index (χ3n) is 3.29. The van der Waals surface area contributed by atoms with Gasteiger partial charge in [0.25, 0.3) is 5.91 Å². The predicted octanol–water partition coefficient (Wildman–Crippen LogP) is 3.09. The van der Waals surface area contributed by atoms with Crippen LogP contribution in [0.2, 0.25) is 5.02 Å². The van der Waals surface area contributed by atoms with Gasteiger partial charge in [0.05, 0.1) is 19.4 Å². The van der Waals surface area contributed by atoms with Crippen LogP contribution in [0.15, 0.2) is 18.2 Å². The molecule has 1 N–H and O–H groups in total. The number of alkyl halides is 3. The van der Waals surface area contributed by atoms with Gasteiger partial charge in [-0.25, -0.2) is 9.69 Å². The molecule has 0 saturated carbocycles. The zero-order valence-electron chi connectivity index (χ0n) is 12.7. The lowest BCUT2D eigenvalue weighted by Gasteiger charge is -2.28. The summed E-state index contributed by atoms with van der Waals surface area (Å²) in [7, 11) is 1.25. The molecule has 1 fully saturated rings. The largest absolute Gasteiger partial charge is 0.495 e. The Hall–Kier alpha value is -2.00. The summed E-state index contributed by atoms with van der Waals surface area (Å²) in [6.45, 7) is 1.20. The Bertz CT molecular complexity index is 668. The third kappa shape index (κ3) is 2.89. The summed E-state index contributed by atoms with van der Waals surface area (Å²) in [4.78, 5) is 24.9. The summed E-state index contributed by atoms with van der Waals surface area (Å²) in [5.41, 5.74) is -3.65. The maximum absolute atomic E-state index is 13.5. The van der Waals surface area contributed by atoms with E-state index in [-0.39, 0.29) is 29.5 Å². The van der Waals surface area contributed by atoms with Gasteiger partial charge in [-0.05, 0) is 24.6 Å². The fourth-order valence-electron chi connectivity index (χ4n) is 2.19. The average Bonchev–Trinajstić information content (AvgIpc) is 2.76. The van der Waals surface area contributed by atoms with Crippen molar-refractivity contribution >= 4 is 29.2 Å². The lowest BCUT2D eigenvalue weighted by molar-refractivity contribution is -0.269. The molecular formula is C14H14ClF3N2O4. The van der Waals surface area contributed by atoms with E-state index in [9.17, 15) is 22.8 Å². The van der Waals surface area contributed by atoms with E-state index < -0.39 is 23.8 Å². The summed E-state index contributed by atoms with van der Waals surface area (Å²) < 4.78 is 50.1. The Morgan fingerprint density at radius 3 is 2.54 bits per heavy atom. The summed E-state index contributed by atoms with van der Waals surface area (Å²) >= 11 is 5.81. The van der Waals surface area contributed by atoms with E-state index in [2.05, 4.69) is 0 Å². The van der Waals surface area contributed by atoms with Gasteiger partial charge >= 0.3 is 17.9 Å². The van der Waals surface area contributed by atoms with Crippen LogP contribution in [0.25, 0.3) is 0 Å². The maximum Gasteiger partial charge on any atom is 0.446 e. The fourth-order valence-corrected chi connectivity index (χ4v) is 2.36. The van der Waals surface area contributed by atoms with Gasteiger partial charge in [0.2, 0.25) is 0 Å². The molecule has 0 radical (unpaired) electrons. The first-order valence-electron chi connectivity index (χ1n) is 6.89. The normalized spacial score (nSPS) is 21.2. The monoisotopic (exact) mass is 366 g/mol. The van der Waals surface area contributed by atoms with Crippen molar-refractivity contribution < 1.29 is 32.2 Å². The molecule has 6 nitrogen and oxygen atoms in total. The molecule has 0 aromatic heterocycles. The first-order chi connectivity index (χ1) is 11.2. The van der Waals surface area contributed by atoms with Crippen molar-refractivity contribution in [1.82, 2.24) is 5.32 Å². The van der Waals surface area contributed by atoms with Crippen molar-refractivity contribution in [3.63, 3.8) is 0 Å². The third-order valence-corrected chi connectivity index (χ3v) is 3.53. The number of carbonyl (C=O) groups excluding carboxylic acids is 2. The van der Waals surface area contributed by atoms with Crippen LogP contribution in [0.4, 0.5) is 23.7 Å². The Morgan fingerprint density at radius 2 is 2.00 bits per heavy atom. The molecular weight excluding hydrogens is 353 g/mol. The summed E-state index contributed by atoms with van der Waals surface area (Å²) in [6, 6.07) is 2.62. The molecule has 1 aromatic rings. The molecule has 1 aliphatic heterocycles. The number of amides is 3. The first-order valence-corrected chi connectivity index (χ1v) is 7.26. The number of ether oxygens (including phenoxy) is 2. The molecule has 132 valence electrons. The lowest BCUT2D eigenvalue weighted by Crippen LogP contribution is -2.60. The standard InChI is InChI=1S/C14H14ClF3N2O4/c1-3-6-24-13(14(16,17)18)11(21)20(12(22)19-13)9-7-8(15)4-5-10(9)23-2/h4-5,7H,3,6H2,1-2H3,(H,19,22). The molecule has 1 heterocycles. The Morgan fingerprint density at radius 1 is 1.33 bits per heavy atom. The molecule has 1 saturated heterocycles. The minimum Gasteiger partial charge on any atom is -0.495 e. The SMILES string of the molecule is CCCOC1(C(F)(F)F)NC(=O)N(c2cc(Cl)ccc2OC)C1=O. The van der Waals surface area contributed by atoms with Crippen LogP contribution in [-0.4, -0.2) is 37.6 Å². The molecule has 0 bridgehead atoms. The molecule has 0 spiro atoms. The summed E-state index contributed by atoms with van der Waals surface area (Å²) in [5, 5.41) is 1.72. The molecule has 2 rings (SSSR count). The number of nitrogens with zero attached hydrogens (tertiary/aromatic N) is 1. The molecule has 1 unspecified atom stereocenters. The number of urea groups is 1. The average molecular weight is 367 g/mol. The van der Waals surface area contributed by atoms with Gasteiger partial charge in [-0.3, -0.25) is 10.1 Å². The predicted molar refractivity (Wildman–Crippen MR) is 79.1 cm³/mol. The van der Waals surface area contributed by atoms with Crippen LogP contribution in [-0.2, 0) is 9.53 Å². The van der Waals surface area contributed by atoms with Crippen molar-refractivity contribution in [2.45, 2.75) is 25.2 Å². The number of hydrogen-bond acceptors (Lipinski definition) is 4. The molecule has 1 aromatic carbocycles. The molecule has 24 heavy (non-hydrogen) atoms. The second-order valence-corrected chi connectivity index (χ2v) is 5.35. The molecule has 0 aliphatic carbocycles. The number of hydrogen-bond donors (Lipinski definition) is 1. The quantitative estimate of drug-likeness (QED) is 0.813. The lowest BCUT2D eigenvalue weighted by atomic mass is 10.2. The van der Waals surface area contributed by atoms with Crippen LogP contribution in [0, 0.1) is 0 Å². The van der Waals surface area contributed by atoms with E-state index in [1.54, 1.807) is 12.2 Å². The summed E-state index contributed by atoms with van der Waals surface area (Å²) in [6.07, 6.45) is -4.92. The number of imide groups is 1. The van der Waals surface area contributed by atoms with Crippen molar-refractivity contribution in [2.75, 3.05) is 18.6 Å². The van der Waals surface area contributed by atoms with Crippen molar-refractivity contribution in [2.24, 2.45) is 0 Å². The van der Waals surface area contributed by atoms with E-state index in [0.29, 0.717) is 4.90 Å². The van der Waals surface area contributed by atoms with Crippen LogP contribution in [0.3, 0.4) is 0 Å². The van der Waals surface area contributed by atoms with Crippen molar-refractivity contribution in [1.29, 1.82) is 0 Å². The number of nitrogens with one attached hydrogen (secondary N) is 1. The Kier molecular flexibility index (Phi) is 4.95. The number of benzene rings is 1. The highest BCUT2D eigenvalue weighted by molar-refractivity contribution is 6.31. The van der Waals surface area contributed by atoms with Gasteiger partial charge in [0.15, 0.2) is 0 Å². The smallest absolute Gasteiger partial charge is 0.446 e. The van der Waals surface area contributed by atoms with E-state index in [1.807, 2.05) is 0 Å². The zero-order valence-corrected chi connectivity index (χ0v) is 13.5. The number of methoxy groups -OCH3 is 1. The van der Waals surface area contributed by atoms with Gasteiger partial charge < -0.3 is 9.47 Å². The molecule has 1 atom stereocenters. The summed E-state index contributed by atoms with van der Waals surface area (Å²) in [5.74, 6) is -1.59. The van der Waals surface area contributed by atoms with Crippen LogP contribution >= 0.6 is 11.6 Å². The number of rotatable bonds is 5. The zero-order chi connectivity index (χ0) is 18.1. The number of halogens is 4. The highest BCUT2D eigenvalue weighted by atomic mass is 35.5. The molecule has 1 aliphatic rings. The van der Waals surface area contributed by atoms with E-state index in [4.69, 9.17) is 21.1 Å². The second kappa shape index (κ2) is 6.48. The van der Waals surface area contributed by atoms with Gasteiger partial charge in [0.1, 0.15) is 5.75 Å². The topological polar surface area (TPSA) is 67.9 Å². The highest BCUT2D eigenvalue weighted by Gasteiger charge is 2.69. The first kappa shape index (κ1) is 18.3. The molecule has 10 heteroatoms. The van der Waals surface area contributed by atoms with Gasteiger partial charge in [0, 0.05) is 5.02 Å². The van der Waals surface area contributed by atoms with Crippen molar-refractivity contribution in [3.8, 4) is 5.75 Å². The number of carbonyl (C=O) groups is 2. The second-order valence-electron chi connectivity index (χ2n) is 4.91.